The van der Waals surface area contributed by atoms with Crippen LogP contribution in [-0.2, 0) is 19.7 Å². The zero-order valence-corrected chi connectivity index (χ0v) is 11.7. The Morgan fingerprint density at radius 2 is 1.59 bits per heavy atom. The molecule has 0 aromatic heterocycles. The van der Waals surface area contributed by atoms with Gasteiger partial charge in [-0.05, 0) is 18.4 Å². The van der Waals surface area contributed by atoms with Crippen LogP contribution in [0, 0.1) is 0 Å². The van der Waals surface area contributed by atoms with E-state index in [4.69, 9.17) is 13.3 Å². The molecule has 0 aliphatic carbocycles. The molecule has 0 heterocycles. The molecule has 4 heteroatoms. The minimum absolute atomic E-state index is 0.979. The minimum Gasteiger partial charge on any atom is -0.373 e. The van der Waals surface area contributed by atoms with Crippen LogP contribution in [0.1, 0.15) is 12.0 Å². The molecule has 0 saturated heterocycles. The SMILES string of the molecule is C=CCCc1ccc([Si](OC)(OC)OC)cc1. The molecule has 0 saturated carbocycles. The molecule has 0 radical (unpaired) electrons. The predicted octanol–water partition coefficient (Wildman–Crippen LogP) is 1.89. The smallest absolute Gasteiger partial charge is 0.373 e. The minimum atomic E-state index is -2.67. The Balaban J connectivity index is 2.88. The summed E-state index contributed by atoms with van der Waals surface area (Å²) in [6, 6.07) is 8.19. The summed E-state index contributed by atoms with van der Waals surface area (Å²) in [5.41, 5.74) is 1.28. The summed E-state index contributed by atoms with van der Waals surface area (Å²) in [5, 5.41) is 0.979. The summed E-state index contributed by atoms with van der Waals surface area (Å²) in [5.74, 6) is 0. The molecule has 0 unspecified atom stereocenters. The second kappa shape index (κ2) is 6.71. The molecule has 0 N–H and O–H groups in total. The van der Waals surface area contributed by atoms with Crippen molar-refractivity contribution in [3.05, 3.63) is 42.5 Å². The van der Waals surface area contributed by atoms with Gasteiger partial charge in [-0.3, -0.25) is 0 Å². The zero-order chi connectivity index (χ0) is 12.7. The molecule has 0 fully saturated rings. The summed E-state index contributed by atoms with van der Waals surface area (Å²) < 4.78 is 16.3. The first-order valence-corrected chi connectivity index (χ1v) is 7.30. The van der Waals surface area contributed by atoms with Crippen molar-refractivity contribution in [2.24, 2.45) is 0 Å². The van der Waals surface area contributed by atoms with Crippen molar-refractivity contribution in [1.82, 2.24) is 0 Å². The molecule has 0 amide bonds. The molecule has 0 aliphatic rings. The van der Waals surface area contributed by atoms with E-state index in [0.29, 0.717) is 0 Å². The number of allylic oxidation sites excluding steroid dienone is 1. The van der Waals surface area contributed by atoms with Gasteiger partial charge in [0.05, 0.1) is 0 Å². The zero-order valence-electron chi connectivity index (χ0n) is 10.7. The number of hydrogen-bond acceptors (Lipinski definition) is 3. The summed E-state index contributed by atoms with van der Waals surface area (Å²) in [6.45, 7) is 3.72. The monoisotopic (exact) mass is 252 g/mol. The Morgan fingerprint density at radius 3 is 2.00 bits per heavy atom. The van der Waals surface area contributed by atoms with Crippen LogP contribution in [-0.4, -0.2) is 30.1 Å². The molecule has 94 valence electrons. The lowest BCUT2D eigenvalue weighted by molar-refractivity contribution is 0.140. The number of benzene rings is 1. The van der Waals surface area contributed by atoms with Crippen LogP contribution >= 0.6 is 0 Å². The van der Waals surface area contributed by atoms with E-state index in [1.165, 1.54) is 5.56 Å². The molecule has 1 aromatic carbocycles. The molecule has 3 nitrogen and oxygen atoms in total. The average molecular weight is 252 g/mol. The average Bonchev–Trinajstić information content (AvgIpc) is 2.40. The third kappa shape index (κ3) is 3.26. The van der Waals surface area contributed by atoms with Crippen molar-refractivity contribution in [1.29, 1.82) is 0 Å². The second-order valence-electron chi connectivity index (χ2n) is 3.69. The number of aryl methyl sites for hydroxylation is 1. The van der Waals surface area contributed by atoms with E-state index in [1.807, 2.05) is 18.2 Å². The van der Waals surface area contributed by atoms with Crippen LogP contribution in [0.15, 0.2) is 36.9 Å². The van der Waals surface area contributed by atoms with E-state index in [2.05, 4.69) is 18.7 Å². The van der Waals surface area contributed by atoms with Crippen LogP contribution < -0.4 is 5.19 Å². The molecule has 0 aliphatic heterocycles. The highest BCUT2D eigenvalue weighted by molar-refractivity contribution is 6.75. The maximum Gasteiger partial charge on any atom is 0.536 e. The fourth-order valence-corrected chi connectivity index (χ4v) is 3.53. The molecule has 0 spiro atoms. The van der Waals surface area contributed by atoms with Gasteiger partial charge < -0.3 is 13.3 Å². The van der Waals surface area contributed by atoms with Crippen LogP contribution in [0.5, 0.6) is 0 Å². The predicted molar refractivity (Wildman–Crippen MR) is 71.4 cm³/mol. The molecular formula is C13H20O3Si. The first-order valence-electron chi connectivity index (χ1n) is 5.58. The number of rotatable bonds is 7. The Bertz CT molecular complexity index is 336. The normalized spacial score (nSPS) is 11.5. The van der Waals surface area contributed by atoms with Gasteiger partial charge in [0.1, 0.15) is 0 Å². The van der Waals surface area contributed by atoms with E-state index < -0.39 is 8.80 Å². The first kappa shape index (κ1) is 14.1. The second-order valence-corrected chi connectivity index (χ2v) is 6.61. The quantitative estimate of drug-likeness (QED) is 0.548. The van der Waals surface area contributed by atoms with Gasteiger partial charge in [-0.25, -0.2) is 0 Å². The fraction of sp³-hybridized carbons (Fsp3) is 0.385. The third-order valence-corrected chi connectivity index (χ3v) is 5.40. The molecule has 0 atom stereocenters. The van der Waals surface area contributed by atoms with Gasteiger partial charge in [0.25, 0.3) is 0 Å². The van der Waals surface area contributed by atoms with Crippen molar-refractivity contribution in [3.63, 3.8) is 0 Å². The van der Waals surface area contributed by atoms with Gasteiger partial charge in [0.2, 0.25) is 0 Å². The lowest BCUT2D eigenvalue weighted by Crippen LogP contribution is -2.54. The van der Waals surface area contributed by atoms with Gasteiger partial charge in [0.15, 0.2) is 0 Å². The molecule has 0 bridgehead atoms. The highest BCUT2D eigenvalue weighted by Crippen LogP contribution is 2.09. The van der Waals surface area contributed by atoms with Crippen molar-refractivity contribution in [2.75, 3.05) is 21.3 Å². The Labute approximate surface area is 104 Å². The Kier molecular flexibility index (Phi) is 5.57. The van der Waals surface area contributed by atoms with Gasteiger partial charge in [-0.15, -0.1) is 6.58 Å². The van der Waals surface area contributed by atoms with Crippen molar-refractivity contribution in [2.45, 2.75) is 12.8 Å². The van der Waals surface area contributed by atoms with E-state index in [-0.39, 0.29) is 0 Å². The van der Waals surface area contributed by atoms with E-state index >= 15 is 0 Å². The molecule has 17 heavy (non-hydrogen) atoms. The number of hydrogen-bond donors (Lipinski definition) is 0. The summed E-state index contributed by atoms with van der Waals surface area (Å²) >= 11 is 0. The highest BCUT2D eigenvalue weighted by Gasteiger charge is 2.40. The standard InChI is InChI=1S/C13H20O3Si/c1-5-6-7-12-8-10-13(11-9-12)17(14-2,15-3)16-4/h5,8-11H,1,6-7H2,2-4H3. The lowest BCUT2D eigenvalue weighted by atomic mass is 10.1. The van der Waals surface area contributed by atoms with Gasteiger partial charge in [0, 0.05) is 26.5 Å². The first-order chi connectivity index (χ1) is 8.22. The van der Waals surface area contributed by atoms with Crippen LogP contribution in [0.2, 0.25) is 0 Å². The summed E-state index contributed by atoms with van der Waals surface area (Å²) in [7, 11) is 2.18. The van der Waals surface area contributed by atoms with Crippen molar-refractivity contribution in [3.8, 4) is 0 Å². The van der Waals surface area contributed by atoms with Crippen molar-refractivity contribution >= 4 is 14.0 Å². The van der Waals surface area contributed by atoms with Crippen molar-refractivity contribution < 1.29 is 13.3 Å². The van der Waals surface area contributed by atoms with Crippen LogP contribution in [0.4, 0.5) is 0 Å². The van der Waals surface area contributed by atoms with Crippen LogP contribution in [0.3, 0.4) is 0 Å². The van der Waals surface area contributed by atoms with Gasteiger partial charge in [-0.1, -0.05) is 30.3 Å². The van der Waals surface area contributed by atoms with E-state index in [9.17, 15) is 0 Å². The maximum absolute atomic E-state index is 5.42. The van der Waals surface area contributed by atoms with Gasteiger partial charge in [-0.2, -0.15) is 0 Å². The molecular weight excluding hydrogens is 232 g/mol. The van der Waals surface area contributed by atoms with Gasteiger partial charge >= 0.3 is 8.80 Å². The Hall–Kier alpha value is -0.943. The third-order valence-electron chi connectivity index (χ3n) is 2.75. The molecule has 1 aromatic rings. The summed E-state index contributed by atoms with van der Waals surface area (Å²) in [4.78, 5) is 0. The van der Waals surface area contributed by atoms with E-state index in [0.717, 1.165) is 18.0 Å². The lowest BCUT2D eigenvalue weighted by Gasteiger charge is -2.24. The fourth-order valence-electron chi connectivity index (χ4n) is 1.75. The Morgan fingerprint density at radius 1 is 1.06 bits per heavy atom. The van der Waals surface area contributed by atoms with Crippen LogP contribution in [0.25, 0.3) is 0 Å². The summed E-state index contributed by atoms with van der Waals surface area (Å²) in [6.07, 6.45) is 3.92. The highest BCUT2D eigenvalue weighted by atomic mass is 28.4. The maximum atomic E-state index is 5.42. The molecule has 1 rings (SSSR count). The largest absolute Gasteiger partial charge is 0.536 e. The topological polar surface area (TPSA) is 27.7 Å². The van der Waals surface area contributed by atoms with E-state index in [1.54, 1.807) is 21.3 Å².